The minimum Gasteiger partial charge on any atom is -0.366 e. The van der Waals surface area contributed by atoms with Gasteiger partial charge in [-0.25, -0.2) is 8.42 Å². The Kier molecular flexibility index (Phi) is 4.46. The molecule has 2 rings (SSSR count). The van der Waals surface area contributed by atoms with Gasteiger partial charge in [0.05, 0.1) is 4.34 Å². The van der Waals surface area contributed by atoms with Crippen molar-refractivity contribution in [2.75, 3.05) is 10.0 Å². The van der Waals surface area contributed by atoms with Crippen LogP contribution in [0.3, 0.4) is 0 Å². The first kappa shape index (κ1) is 15.0. The highest BCUT2D eigenvalue weighted by atomic mass is 35.5. The van der Waals surface area contributed by atoms with E-state index < -0.39 is 10.0 Å². The van der Waals surface area contributed by atoms with Crippen LogP contribution in [0.25, 0.3) is 0 Å². The van der Waals surface area contributed by atoms with E-state index in [1.807, 2.05) is 13.8 Å². The summed E-state index contributed by atoms with van der Waals surface area (Å²) in [6.07, 6.45) is 0. The molecule has 0 aromatic carbocycles. The van der Waals surface area contributed by atoms with Crippen LogP contribution in [0.15, 0.2) is 28.5 Å². The molecule has 2 heterocycles. The lowest BCUT2D eigenvalue weighted by atomic mass is 10.4. The van der Waals surface area contributed by atoms with Gasteiger partial charge in [-0.1, -0.05) is 11.6 Å². The molecule has 6 nitrogen and oxygen atoms in total. The Morgan fingerprint density at radius 1 is 1.15 bits per heavy atom. The molecule has 0 unspecified atom stereocenters. The van der Waals surface area contributed by atoms with Crippen LogP contribution in [-0.2, 0) is 10.0 Å². The Bertz CT molecular complexity index is 683. The molecule has 2 N–H and O–H groups in total. The van der Waals surface area contributed by atoms with Gasteiger partial charge in [-0.15, -0.1) is 21.5 Å². The van der Waals surface area contributed by atoms with Gasteiger partial charge in [-0.3, -0.25) is 4.72 Å². The molecule has 0 fully saturated rings. The van der Waals surface area contributed by atoms with Gasteiger partial charge in [-0.05, 0) is 38.1 Å². The van der Waals surface area contributed by atoms with Gasteiger partial charge in [0.2, 0.25) is 0 Å². The molecule has 0 spiro atoms. The highest BCUT2D eigenvalue weighted by molar-refractivity contribution is 7.94. The summed E-state index contributed by atoms with van der Waals surface area (Å²) in [5.41, 5.74) is 0. The van der Waals surface area contributed by atoms with Crippen molar-refractivity contribution < 1.29 is 8.42 Å². The summed E-state index contributed by atoms with van der Waals surface area (Å²) in [6.45, 7) is 3.94. The number of halogens is 1. The average Bonchev–Trinajstić information content (AvgIpc) is 2.78. The Balaban J connectivity index is 2.13. The van der Waals surface area contributed by atoms with Crippen molar-refractivity contribution >= 4 is 44.6 Å². The number of nitrogens with one attached hydrogen (secondary N) is 2. The van der Waals surface area contributed by atoms with E-state index in [1.165, 1.54) is 12.1 Å². The van der Waals surface area contributed by atoms with E-state index in [0.29, 0.717) is 10.2 Å². The normalized spacial score (nSPS) is 11.6. The first-order valence-electron chi connectivity index (χ1n) is 5.75. The molecular weight excluding hydrogens is 320 g/mol. The number of anilines is 2. The maximum atomic E-state index is 12.0. The van der Waals surface area contributed by atoms with Crippen molar-refractivity contribution in [2.24, 2.45) is 0 Å². The Hall–Kier alpha value is -1.38. The van der Waals surface area contributed by atoms with Crippen LogP contribution in [0, 0.1) is 0 Å². The number of hydrogen-bond donors (Lipinski definition) is 2. The fraction of sp³-hybridized carbons (Fsp3) is 0.273. The standard InChI is InChI=1S/C11H13ClN4O2S2/c1-7(2)13-9-4-5-10(15-14-9)16-20(17,18)11-6-3-8(12)19-11/h3-7H,1-2H3,(H,13,14)(H,15,16). The summed E-state index contributed by atoms with van der Waals surface area (Å²) in [7, 11) is -3.67. The lowest BCUT2D eigenvalue weighted by Gasteiger charge is -2.09. The molecule has 0 saturated carbocycles. The van der Waals surface area contributed by atoms with Crippen LogP contribution >= 0.6 is 22.9 Å². The summed E-state index contributed by atoms with van der Waals surface area (Å²) >= 11 is 6.71. The number of sulfonamides is 1. The molecule has 0 aliphatic carbocycles. The molecule has 0 saturated heterocycles. The van der Waals surface area contributed by atoms with E-state index in [9.17, 15) is 8.42 Å². The minimum atomic E-state index is -3.67. The van der Waals surface area contributed by atoms with Crippen LogP contribution in [-0.4, -0.2) is 24.7 Å². The zero-order valence-electron chi connectivity index (χ0n) is 10.8. The Morgan fingerprint density at radius 2 is 1.80 bits per heavy atom. The third-order valence-electron chi connectivity index (χ3n) is 2.15. The van der Waals surface area contributed by atoms with E-state index in [1.54, 1.807) is 12.1 Å². The molecule has 0 amide bonds. The average molecular weight is 333 g/mol. The lowest BCUT2D eigenvalue weighted by molar-refractivity contribution is 0.603. The molecule has 0 atom stereocenters. The number of nitrogens with zero attached hydrogens (tertiary/aromatic N) is 2. The maximum Gasteiger partial charge on any atom is 0.272 e. The minimum absolute atomic E-state index is 0.133. The van der Waals surface area contributed by atoms with Crippen molar-refractivity contribution in [3.63, 3.8) is 0 Å². The third-order valence-corrected chi connectivity index (χ3v) is 5.23. The lowest BCUT2D eigenvalue weighted by Crippen LogP contribution is -2.15. The Labute approximate surface area is 126 Å². The molecule has 2 aromatic rings. The van der Waals surface area contributed by atoms with E-state index in [-0.39, 0.29) is 16.1 Å². The topological polar surface area (TPSA) is 84.0 Å². The van der Waals surface area contributed by atoms with E-state index in [4.69, 9.17) is 11.6 Å². The molecule has 9 heteroatoms. The van der Waals surface area contributed by atoms with Gasteiger partial charge in [0.25, 0.3) is 10.0 Å². The molecule has 108 valence electrons. The third kappa shape index (κ3) is 3.81. The quantitative estimate of drug-likeness (QED) is 0.879. The smallest absolute Gasteiger partial charge is 0.272 e. The number of thiophene rings is 1. The molecule has 0 aliphatic rings. The van der Waals surface area contributed by atoms with Crippen molar-refractivity contribution in [1.82, 2.24) is 10.2 Å². The van der Waals surface area contributed by atoms with Gasteiger partial charge in [0.15, 0.2) is 5.82 Å². The fourth-order valence-corrected chi connectivity index (χ4v) is 3.87. The SMILES string of the molecule is CC(C)Nc1ccc(NS(=O)(=O)c2ccc(Cl)s2)nn1. The molecule has 0 bridgehead atoms. The molecule has 0 aliphatic heterocycles. The second-order valence-corrected chi connectivity index (χ2v) is 7.89. The molecule has 2 aromatic heterocycles. The first-order chi connectivity index (χ1) is 9.37. The van der Waals surface area contributed by atoms with E-state index in [2.05, 4.69) is 20.2 Å². The van der Waals surface area contributed by atoms with Crippen LogP contribution in [0.2, 0.25) is 4.34 Å². The largest absolute Gasteiger partial charge is 0.366 e. The second kappa shape index (κ2) is 5.94. The highest BCUT2D eigenvalue weighted by Gasteiger charge is 2.17. The zero-order valence-corrected chi connectivity index (χ0v) is 13.2. The van der Waals surface area contributed by atoms with Crippen LogP contribution in [0.5, 0.6) is 0 Å². The maximum absolute atomic E-state index is 12.0. The highest BCUT2D eigenvalue weighted by Crippen LogP contribution is 2.26. The summed E-state index contributed by atoms with van der Waals surface area (Å²) in [4.78, 5) is 0. The van der Waals surface area contributed by atoms with Gasteiger partial charge in [0.1, 0.15) is 10.0 Å². The zero-order chi connectivity index (χ0) is 14.8. The summed E-state index contributed by atoms with van der Waals surface area (Å²) < 4.78 is 27.0. The van der Waals surface area contributed by atoms with Gasteiger partial charge < -0.3 is 5.32 Å². The molecule has 0 radical (unpaired) electrons. The van der Waals surface area contributed by atoms with E-state index in [0.717, 1.165) is 11.3 Å². The second-order valence-electron chi connectivity index (χ2n) is 4.27. The fourth-order valence-electron chi connectivity index (χ4n) is 1.39. The van der Waals surface area contributed by atoms with Crippen molar-refractivity contribution in [3.05, 3.63) is 28.6 Å². The van der Waals surface area contributed by atoms with Crippen LogP contribution in [0.1, 0.15) is 13.8 Å². The molecule has 20 heavy (non-hydrogen) atoms. The van der Waals surface area contributed by atoms with Gasteiger partial charge >= 0.3 is 0 Å². The summed E-state index contributed by atoms with van der Waals surface area (Å²) in [5, 5.41) is 10.8. The van der Waals surface area contributed by atoms with Gasteiger partial charge in [0, 0.05) is 6.04 Å². The van der Waals surface area contributed by atoms with Crippen LogP contribution < -0.4 is 10.0 Å². The number of rotatable bonds is 5. The number of hydrogen-bond acceptors (Lipinski definition) is 6. The monoisotopic (exact) mass is 332 g/mol. The summed E-state index contributed by atoms with van der Waals surface area (Å²) in [5.74, 6) is 0.742. The summed E-state index contributed by atoms with van der Waals surface area (Å²) in [6, 6.07) is 6.40. The Morgan fingerprint density at radius 3 is 2.30 bits per heavy atom. The van der Waals surface area contributed by atoms with Crippen molar-refractivity contribution in [3.8, 4) is 0 Å². The predicted molar refractivity (Wildman–Crippen MR) is 80.9 cm³/mol. The van der Waals surface area contributed by atoms with Crippen molar-refractivity contribution in [1.29, 1.82) is 0 Å². The number of aromatic nitrogens is 2. The van der Waals surface area contributed by atoms with Crippen LogP contribution in [0.4, 0.5) is 11.6 Å². The van der Waals surface area contributed by atoms with Crippen molar-refractivity contribution in [2.45, 2.75) is 24.1 Å². The van der Waals surface area contributed by atoms with Gasteiger partial charge in [-0.2, -0.15) is 0 Å². The van der Waals surface area contributed by atoms with E-state index >= 15 is 0 Å². The molecular formula is C11H13ClN4O2S2. The predicted octanol–water partition coefficient (Wildman–Crippen LogP) is 2.81. The first-order valence-corrected chi connectivity index (χ1v) is 8.43.